The number of hydrogen-bond acceptors (Lipinski definition) is 6. The van der Waals surface area contributed by atoms with Crippen LogP contribution >= 0.6 is 0 Å². The Morgan fingerprint density at radius 1 is 1.27 bits per heavy atom. The predicted octanol–water partition coefficient (Wildman–Crippen LogP) is 1.17. The van der Waals surface area contributed by atoms with Crippen LogP contribution in [0.4, 0.5) is 23.7 Å². The van der Waals surface area contributed by atoms with E-state index in [-0.39, 0.29) is 12.3 Å². The molecule has 2 saturated heterocycles. The maximum Gasteiger partial charge on any atom is 0.416 e. The molecule has 0 aromatic heterocycles. The molecule has 3 rings (SSSR count). The number of urea groups is 1. The van der Waals surface area contributed by atoms with Gasteiger partial charge in [-0.1, -0.05) is 6.07 Å². The number of nitrogens with zero attached hydrogens (tertiary/aromatic N) is 2. The highest BCUT2D eigenvalue weighted by Gasteiger charge is 2.52. The van der Waals surface area contributed by atoms with Crippen molar-refractivity contribution in [2.45, 2.75) is 36.8 Å². The molecule has 168 valence electrons. The first-order chi connectivity index (χ1) is 14.1. The van der Waals surface area contributed by atoms with Crippen LogP contribution in [0.1, 0.15) is 5.56 Å². The van der Waals surface area contributed by atoms with Crippen molar-refractivity contribution < 1.29 is 32.5 Å². The topological polar surface area (TPSA) is 86.3 Å². The fourth-order valence-electron chi connectivity index (χ4n) is 3.65. The lowest BCUT2D eigenvalue weighted by atomic mass is 9.95. The average molecular weight is 432 g/mol. The number of hydrogen-bond donors (Lipinski definition) is 3. The number of ether oxygens (including phenoxy) is 2. The number of likely N-dealkylation sites (N-methyl/N-ethyl adjacent to an activating group) is 2. The molecule has 2 amide bonds. The maximum atomic E-state index is 12.9. The molecule has 2 aliphatic rings. The van der Waals surface area contributed by atoms with E-state index in [4.69, 9.17) is 9.47 Å². The number of anilines is 1. The smallest absolute Gasteiger partial charge is 0.389 e. The van der Waals surface area contributed by atoms with Gasteiger partial charge < -0.3 is 30.1 Å². The van der Waals surface area contributed by atoms with Crippen LogP contribution < -0.4 is 10.6 Å². The Balaban J connectivity index is 1.66. The van der Waals surface area contributed by atoms with Crippen molar-refractivity contribution in [3.05, 3.63) is 29.8 Å². The van der Waals surface area contributed by atoms with Gasteiger partial charge in [0, 0.05) is 18.8 Å². The molecule has 2 fully saturated rings. The van der Waals surface area contributed by atoms with Crippen LogP contribution in [-0.2, 0) is 15.7 Å². The Bertz CT molecular complexity index is 749. The number of amides is 2. The zero-order valence-electron chi connectivity index (χ0n) is 17.0. The fraction of sp³-hybridized carbons (Fsp3) is 0.632. The lowest BCUT2D eigenvalue weighted by molar-refractivity contribution is -0.177. The van der Waals surface area contributed by atoms with Gasteiger partial charge >= 0.3 is 12.2 Å². The number of rotatable bonds is 6. The van der Waals surface area contributed by atoms with E-state index in [0.717, 1.165) is 18.7 Å². The van der Waals surface area contributed by atoms with E-state index >= 15 is 0 Å². The first kappa shape index (κ1) is 22.8. The van der Waals surface area contributed by atoms with Crippen molar-refractivity contribution in [1.29, 1.82) is 0 Å². The molecule has 1 aromatic rings. The molecule has 0 radical (unpaired) electrons. The van der Waals surface area contributed by atoms with Gasteiger partial charge in [0.15, 0.2) is 6.29 Å². The Labute approximate surface area is 172 Å². The van der Waals surface area contributed by atoms with Gasteiger partial charge in [-0.25, -0.2) is 4.79 Å². The quantitative estimate of drug-likeness (QED) is 0.626. The molecule has 2 aliphatic heterocycles. The first-order valence-electron chi connectivity index (χ1n) is 9.61. The molecule has 30 heavy (non-hydrogen) atoms. The Morgan fingerprint density at radius 3 is 2.67 bits per heavy atom. The van der Waals surface area contributed by atoms with Gasteiger partial charge in [-0.2, -0.15) is 13.2 Å². The third-order valence-corrected chi connectivity index (χ3v) is 5.29. The van der Waals surface area contributed by atoms with Crippen molar-refractivity contribution in [2.75, 3.05) is 46.2 Å². The van der Waals surface area contributed by atoms with Crippen molar-refractivity contribution in [3.63, 3.8) is 0 Å². The Kier molecular flexibility index (Phi) is 6.88. The van der Waals surface area contributed by atoms with Gasteiger partial charge in [0.25, 0.3) is 0 Å². The van der Waals surface area contributed by atoms with E-state index in [1.807, 2.05) is 30.9 Å². The number of benzene rings is 1. The second-order valence-electron chi connectivity index (χ2n) is 7.84. The zero-order chi connectivity index (χ0) is 22.1. The van der Waals surface area contributed by atoms with Crippen LogP contribution in [-0.4, -0.2) is 92.4 Å². The maximum absolute atomic E-state index is 12.9. The van der Waals surface area contributed by atoms with Gasteiger partial charge in [0.1, 0.15) is 6.10 Å². The lowest BCUT2D eigenvalue weighted by Crippen LogP contribution is -2.65. The third-order valence-electron chi connectivity index (χ3n) is 5.29. The SMILES string of the molecule is CN(C)CCN(C)C1C2OCC(O2)C(NC(=O)Nc2cccc(C(F)(F)F)c2)C1O. The Hall–Kier alpha value is -1.92. The summed E-state index contributed by atoms with van der Waals surface area (Å²) in [5.41, 5.74) is -0.871. The largest absolute Gasteiger partial charge is 0.416 e. The van der Waals surface area contributed by atoms with Gasteiger partial charge in [-0.15, -0.1) is 0 Å². The summed E-state index contributed by atoms with van der Waals surface area (Å²) in [6.45, 7) is 1.60. The standard InChI is InChI=1S/C19H27F3N4O4/c1-25(2)7-8-26(3)15-16(27)14(13-10-29-17(15)30-13)24-18(28)23-12-6-4-5-11(9-12)19(20,21)22/h4-6,9,13-17,27H,7-8,10H2,1-3H3,(H2,23,24,28). The van der Waals surface area contributed by atoms with Crippen LogP contribution in [0.5, 0.6) is 0 Å². The van der Waals surface area contributed by atoms with Gasteiger partial charge in [0.05, 0.1) is 30.4 Å². The summed E-state index contributed by atoms with van der Waals surface area (Å²) in [5, 5.41) is 15.9. The Morgan fingerprint density at radius 2 is 2.00 bits per heavy atom. The molecule has 5 unspecified atom stereocenters. The van der Waals surface area contributed by atoms with Crippen molar-refractivity contribution in [2.24, 2.45) is 0 Å². The predicted molar refractivity (Wildman–Crippen MR) is 103 cm³/mol. The number of nitrogens with one attached hydrogen (secondary N) is 2. The molecule has 3 N–H and O–H groups in total. The molecule has 0 aliphatic carbocycles. The van der Waals surface area contributed by atoms with Crippen LogP contribution in [0.25, 0.3) is 0 Å². The van der Waals surface area contributed by atoms with Crippen LogP contribution in [0.3, 0.4) is 0 Å². The molecule has 8 nitrogen and oxygen atoms in total. The van der Waals surface area contributed by atoms with E-state index < -0.39 is 48.4 Å². The molecule has 5 atom stereocenters. The van der Waals surface area contributed by atoms with E-state index in [9.17, 15) is 23.1 Å². The van der Waals surface area contributed by atoms with Crippen LogP contribution in [0, 0.1) is 0 Å². The monoisotopic (exact) mass is 432 g/mol. The highest BCUT2D eigenvalue weighted by molar-refractivity contribution is 5.89. The normalized spacial score (nSPS) is 28.8. The van der Waals surface area contributed by atoms with Crippen molar-refractivity contribution >= 4 is 11.7 Å². The second kappa shape index (κ2) is 9.06. The fourth-order valence-corrected chi connectivity index (χ4v) is 3.65. The summed E-state index contributed by atoms with van der Waals surface area (Å²) >= 11 is 0. The van der Waals surface area contributed by atoms with Gasteiger partial charge in [-0.05, 0) is 39.3 Å². The molecule has 0 spiro atoms. The minimum Gasteiger partial charge on any atom is -0.389 e. The molecule has 1 aromatic carbocycles. The average Bonchev–Trinajstić information content (AvgIpc) is 3.08. The van der Waals surface area contributed by atoms with Crippen molar-refractivity contribution in [3.8, 4) is 0 Å². The molecular weight excluding hydrogens is 405 g/mol. The highest BCUT2D eigenvalue weighted by atomic mass is 19.4. The summed E-state index contributed by atoms with van der Waals surface area (Å²) in [4.78, 5) is 16.3. The minimum absolute atomic E-state index is 0.00579. The van der Waals surface area contributed by atoms with Gasteiger partial charge in [0.2, 0.25) is 0 Å². The number of aliphatic hydroxyl groups excluding tert-OH is 1. The number of carbonyl (C=O) groups excluding carboxylic acids is 1. The van der Waals surface area contributed by atoms with E-state index in [1.165, 1.54) is 12.1 Å². The van der Waals surface area contributed by atoms with Crippen LogP contribution in [0.15, 0.2) is 24.3 Å². The molecule has 11 heteroatoms. The van der Waals surface area contributed by atoms with E-state index in [2.05, 4.69) is 10.6 Å². The van der Waals surface area contributed by atoms with Crippen LogP contribution in [0.2, 0.25) is 0 Å². The molecular formula is C19H27F3N4O4. The number of carbonyl (C=O) groups is 1. The highest BCUT2D eigenvalue weighted by Crippen LogP contribution is 2.32. The molecule has 2 heterocycles. The number of alkyl halides is 3. The second-order valence-corrected chi connectivity index (χ2v) is 7.84. The summed E-state index contributed by atoms with van der Waals surface area (Å²) in [6.07, 6.45) is -6.64. The minimum atomic E-state index is -4.51. The van der Waals surface area contributed by atoms with Gasteiger partial charge in [-0.3, -0.25) is 4.90 Å². The number of aliphatic hydroxyl groups is 1. The number of fused-ring (bicyclic) bond motifs is 2. The summed E-state index contributed by atoms with van der Waals surface area (Å²) in [7, 11) is 5.71. The third kappa shape index (κ3) is 5.22. The zero-order valence-corrected chi connectivity index (χ0v) is 17.0. The lowest BCUT2D eigenvalue weighted by Gasteiger charge is -2.42. The summed E-state index contributed by atoms with van der Waals surface area (Å²) in [5.74, 6) is 0. The summed E-state index contributed by atoms with van der Waals surface area (Å²) in [6, 6.07) is 2.33. The van der Waals surface area contributed by atoms with E-state index in [0.29, 0.717) is 6.54 Å². The summed E-state index contributed by atoms with van der Waals surface area (Å²) < 4.78 is 50.0. The molecule has 2 bridgehead atoms. The first-order valence-corrected chi connectivity index (χ1v) is 9.61. The van der Waals surface area contributed by atoms with E-state index in [1.54, 1.807) is 0 Å². The number of halogens is 3. The molecule has 0 saturated carbocycles. The van der Waals surface area contributed by atoms with Crippen molar-refractivity contribution in [1.82, 2.24) is 15.1 Å².